The highest BCUT2D eigenvalue weighted by atomic mass is 32.1. The lowest BCUT2D eigenvalue weighted by atomic mass is 10.1. The third kappa shape index (κ3) is 1.69. The molecule has 0 N–H and O–H groups in total. The molecule has 0 aliphatic heterocycles. The Balaban J connectivity index is 3.21. The lowest BCUT2D eigenvalue weighted by Crippen LogP contribution is -1.88. The Bertz CT molecular complexity index is 269. The number of hydrogen-bond donors (Lipinski definition) is 1. The van der Waals surface area contributed by atoms with Crippen molar-refractivity contribution < 1.29 is 4.74 Å². The summed E-state index contributed by atoms with van der Waals surface area (Å²) in [5.74, 6) is 0.844. The van der Waals surface area contributed by atoms with Crippen LogP contribution in [0.2, 0.25) is 0 Å². The minimum atomic E-state index is 0.844. The second kappa shape index (κ2) is 3.18. The molecule has 60 valence electrons. The number of methoxy groups -OCH3 is 1. The molecule has 1 nitrogen and oxygen atoms in total. The van der Waals surface area contributed by atoms with E-state index in [-0.39, 0.29) is 0 Å². The number of aryl methyl sites for hydroxylation is 2. The highest BCUT2D eigenvalue weighted by Crippen LogP contribution is 2.25. The Morgan fingerprint density at radius 2 is 1.73 bits per heavy atom. The predicted molar refractivity (Wildman–Crippen MR) is 49.7 cm³/mol. The zero-order chi connectivity index (χ0) is 8.43. The maximum Gasteiger partial charge on any atom is 0.132 e. The van der Waals surface area contributed by atoms with Crippen molar-refractivity contribution in [2.45, 2.75) is 18.7 Å². The van der Waals surface area contributed by atoms with Crippen LogP contribution in [0.1, 0.15) is 11.1 Å². The van der Waals surface area contributed by atoms with Gasteiger partial charge in [-0.15, -0.1) is 12.6 Å². The molecule has 0 amide bonds. The van der Waals surface area contributed by atoms with Crippen LogP contribution in [0.3, 0.4) is 0 Å². The van der Waals surface area contributed by atoms with E-state index in [0.29, 0.717) is 0 Å². The lowest BCUT2D eigenvalue weighted by Gasteiger charge is -2.06. The summed E-state index contributed by atoms with van der Waals surface area (Å²) in [5, 5.41) is 0. The zero-order valence-electron chi connectivity index (χ0n) is 7.01. The van der Waals surface area contributed by atoms with Crippen molar-refractivity contribution >= 4 is 12.6 Å². The van der Waals surface area contributed by atoms with Gasteiger partial charge in [0.1, 0.15) is 5.75 Å². The van der Waals surface area contributed by atoms with Crippen LogP contribution in [-0.4, -0.2) is 7.11 Å². The fourth-order valence-electron chi connectivity index (χ4n) is 0.938. The third-order valence-corrected chi connectivity index (χ3v) is 2.14. The summed E-state index contributed by atoms with van der Waals surface area (Å²) in [6.07, 6.45) is 0. The van der Waals surface area contributed by atoms with Crippen molar-refractivity contribution in [3.05, 3.63) is 23.3 Å². The standard InChI is InChI=1S/C9H12OS/c1-6-4-8(10-3)9(11)5-7(6)2/h4-5,11H,1-3H3. The maximum atomic E-state index is 5.10. The van der Waals surface area contributed by atoms with Crippen molar-refractivity contribution in [3.8, 4) is 5.75 Å². The number of ether oxygens (including phenoxy) is 1. The molecule has 1 rings (SSSR count). The monoisotopic (exact) mass is 168 g/mol. The normalized spacial score (nSPS) is 9.82. The van der Waals surface area contributed by atoms with Crippen LogP contribution >= 0.6 is 12.6 Å². The summed E-state index contributed by atoms with van der Waals surface area (Å²) in [5.41, 5.74) is 2.48. The van der Waals surface area contributed by atoms with E-state index in [0.717, 1.165) is 10.6 Å². The van der Waals surface area contributed by atoms with Gasteiger partial charge in [0.2, 0.25) is 0 Å². The van der Waals surface area contributed by atoms with Crippen LogP contribution in [0.25, 0.3) is 0 Å². The van der Waals surface area contributed by atoms with Gasteiger partial charge >= 0.3 is 0 Å². The van der Waals surface area contributed by atoms with Gasteiger partial charge in [-0.25, -0.2) is 0 Å². The smallest absolute Gasteiger partial charge is 0.132 e. The first-order valence-corrected chi connectivity index (χ1v) is 3.94. The van der Waals surface area contributed by atoms with Gasteiger partial charge in [0.05, 0.1) is 7.11 Å². The summed E-state index contributed by atoms with van der Waals surface area (Å²) < 4.78 is 5.10. The Morgan fingerprint density at radius 1 is 1.18 bits per heavy atom. The number of benzene rings is 1. The van der Waals surface area contributed by atoms with Gasteiger partial charge in [0.25, 0.3) is 0 Å². The molecule has 0 unspecified atom stereocenters. The van der Waals surface area contributed by atoms with Gasteiger partial charge in [-0.05, 0) is 37.1 Å². The van der Waals surface area contributed by atoms with Crippen LogP contribution < -0.4 is 4.74 Å². The zero-order valence-corrected chi connectivity index (χ0v) is 7.90. The summed E-state index contributed by atoms with van der Waals surface area (Å²) in [7, 11) is 1.66. The Hall–Kier alpha value is -0.630. The van der Waals surface area contributed by atoms with Crippen molar-refractivity contribution in [1.82, 2.24) is 0 Å². The fraction of sp³-hybridized carbons (Fsp3) is 0.333. The van der Waals surface area contributed by atoms with Crippen molar-refractivity contribution in [1.29, 1.82) is 0 Å². The molecule has 0 aromatic heterocycles. The minimum absolute atomic E-state index is 0.844. The second-order valence-electron chi connectivity index (χ2n) is 2.61. The molecule has 1 aromatic carbocycles. The Morgan fingerprint density at radius 3 is 2.27 bits per heavy atom. The van der Waals surface area contributed by atoms with Gasteiger partial charge in [-0.3, -0.25) is 0 Å². The fourth-order valence-corrected chi connectivity index (χ4v) is 1.29. The summed E-state index contributed by atoms with van der Waals surface area (Å²) in [6, 6.07) is 4.01. The van der Waals surface area contributed by atoms with E-state index in [1.54, 1.807) is 7.11 Å². The van der Waals surface area contributed by atoms with E-state index in [9.17, 15) is 0 Å². The molecule has 0 saturated carbocycles. The van der Waals surface area contributed by atoms with Crippen molar-refractivity contribution in [2.75, 3.05) is 7.11 Å². The first kappa shape index (κ1) is 8.47. The molecule has 1 aromatic rings. The van der Waals surface area contributed by atoms with E-state index >= 15 is 0 Å². The molecule has 0 saturated heterocycles. The largest absolute Gasteiger partial charge is 0.496 e. The molecule has 0 aliphatic rings. The molecule has 0 radical (unpaired) electrons. The van der Waals surface area contributed by atoms with Gasteiger partial charge in [0.15, 0.2) is 0 Å². The highest BCUT2D eigenvalue weighted by molar-refractivity contribution is 7.80. The van der Waals surface area contributed by atoms with Crippen molar-refractivity contribution in [2.24, 2.45) is 0 Å². The average molecular weight is 168 g/mol. The van der Waals surface area contributed by atoms with E-state index in [4.69, 9.17) is 4.74 Å². The molecule has 0 fully saturated rings. The quantitative estimate of drug-likeness (QED) is 0.634. The van der Waals surface area contributed by atoms with Crippen LogP contribution in [-0.2, 0) is 0 Å². The number of thiol groups is 1. The second-order valence-corrected chi connectivity index (χ2v) is 3.09. The van der Waals surface area contributed by atoms with Crippen molar-refractivity contribution in [3.63, 3.8) is 0 Å². The van der Waals surface area contributed by atoms with Gasteiger partial charge in [-0.2, -0.15) is 0 Å². The SMILES string of the molecule is COc1cc(C)c(C)cc1S. The first-order valence-electron chi connectivity index (χ1n) is 3.49. The molecule has 0 aliphatic carbocycles. The van der Waals surface area contributed by atoms with Crippen LogP contribution in [0.15, 0.2) is 17.0 Å². The summed E-state index contributed by atoms with van der Waals surface area (Å²) in [4.78, 5) is 0.899. The topological polar surface area (TPSA) is 9.23 Å². The van der Waals surface area contributed by atoms with E-state index in [2.05, 4.69) is 26.5 Å². The Labute approximate surface area is 72.8 Å². The van der Waals surface area contributed by atoms with Crippen LogP contribution in [0, 0.1) is 13.8 Å². The molecule has 0 spiro atoms. The third-order valence-electron chi connectivity index (χ3n) is 1.80. The average Bonchev–Trinajstić information content (AvgIpc) is 1.97. The molecule has 0 bridgehead atoms. The van der Waals surface area contributed by atoms with E-state index in [1.807, 2.05) is 12.1 Å². The molecule has 0 atom stereocenters. The Kier molecular flexibility index (Phi) is 2.45. The molecular weight excluding hydrogens is 156 g/mol. The molecule has 11 heavy (non-hydrogen) atoms. The number of rotatable bonds is 1. The van der Waals surface area contributed by atoms with E-state index in [1.165, 1.54) is 11.1 Å². The number of hydrogen-bond acceptors (Lipinski definition) is 2. The minimum Gasteiger partial charge on any atom is -0.496 e. The summed E-state index contributed by atoms with van der Waals surface area (Å²) in [6.45, 7) is 4.12. The highest BCUT2D eigenvalue weighted by Gasteiger charge is 2.00. The molecule has 2 heteroatoms. The molecule has 0 heterocycles. The first-order chi connectivity index (χ1) is 5.15. The van der Waals surface area contributed by atoms with Gasteiger partial charge in [-0.1, -0.05) is 0 Å². The van der Waals surface area contributed by atoms with Gasteiger partial charge < -0.3 is 4.74 Å². The molecular formula is C9H12OS. The maximum absolute atomic E-state index is 5.10. The van der Waals surface area contributed by atoms with E-state index < -0.39 is 0 Å². The van der Waals surface area contributed by atoms with Crippen LogP contribution in [0.4, 0.5) is 0 Å². The van der Waals surface area contributed by atoms with Gasteiger partial charge in [0, 0.05) is 4.90 Å². The van der Waals surface area contributed by atoms with Crippen LogP contribution in [0.5, 0.6) is 5.75 Å². The lowest BCUT2D eigenvalue weighted by molar-refractivity contribution is 0.404. The summed E-state index contributed by atoms with van der Waals surface area (Å²) >= 11 is 4.27. The predicted octanol–water partition coefficient (Wildman–Crippen LogP) is 2.60.